The molecule has 4 aromatic rings. The Morgan fingerprint density at radius 3 is 2.50 bits per heavy atom. The van der Waals surface area contributed by atoms with Crippen molar-refractivity contribution in [1.29, 1.82) is 0 Å². The molecule has 2 atom stereocenters. The summed E-state index contributed by atoms with van der Waals surface area (Å²) in [6, 6.07) is 14.0. The van der Waals surface area contributed by atoms with Gasteiger partial charge in [0.05, 0.1) is 17.8 Å². The van der Waals surface area contributed by atoms with Gasteiger partial charge in [0.15, 0.2) is 0 Å². The molecule has 6 nitrogen and oxygen atoms in total. The van der Waals surface area contributed by atoms with E-state index in [2.05, 4.69) is 50.2 Å². The fourth-order valence-electron chi connectivity index (χ4n) is 5.37. The van der Waals surface area contributed by atoms with Gasteiger partial charge in [0.25, 0.3) is 0 Å². The Hall–Kier alpha value is -2.96. The van der Waals surface area contributed by atoms with Gasteiger partial charge in [-0.2, -0.15) is 0 Å². The molecule has 0 amide bonds. The Morgan fingerprint density at radius 1 is 0.967 bits per heavy atom. The molecule has 6 rings (SSSR count). The molecule has 2 fully saturated rings. The van der Waals surface area contributed by atoms with E-state index in [-0.39, 0.29) is 6.10 Å². The molecule has 0 radical (unpaired) electrons. The maximum Gasteiger partial charge on any atom is 0.138 e. The molecular weight excluding hydrogens is 374 g/mol. The zero-order valence-corrected chi connectivity index (χ0v) is 16.8. The second-order valence-electron chi connectivity index (χ2n) is 8.78. The number of piperidine rings is 1. The van der Waals surface area contributed by atoms with Crippen molar-refractivity contribution in [2.45, 2.75) is 50.4 Å². The lowest BCUT2D eigenvalue weighted by Crippen LogP contribution is -2.44. The topological polar surface area (TPSA) is 91.1 Å². The molecule has 1 aromatic carbocycles. The minimum absolute atomic E-state index is 0.112. The molecule has 2 aliphatic rings. The maximum absolute atomic E-state index is 10.0. The lowest BCUT2D eigenvalue weighted by molar-refractivity contribution is 0.0310. The average Bonchev–Trinajstić information content (AvgIpc) is 3.22. The van der Waals surface area contributed by atoms with E-state index in [1.165, 1.54) is 18.4 Å². The number of pyridine rings is 2. The van der Waals surface area contributed by atoms with E-state index in [0.29, 0.717) is 17.9 Å². The summed E-state index contributed by atoms with van der Waals surface area (Å²) in [5.74, 6) is 0.511. The Bertz CT molecular complexity index is 1220. The summed E-state index contributed by atoms with van der Waals surface area (Å²) in [6.45, 7) is 0.967. The Kier molecular flexibility index (Phi) is 4.04. The third-order valence-electron chi connectivity index (χ3n) is 6.87. The van der Waals surface area contributed by atoms with Gasteiger partial charge in [-0.15, -0.1) is 0 Å². The van der Waals surface area contributed by atoms with Crippen LogP contribution in [0.1, 0.15) is 31.2 Å². The highest BCUT2D eigenvalue weighted by Gasteiger charge is 2.39. The van der Waals surface area contributed by atoms with Crippen molar-refractivity contribution >= 4 is 27.8 Å². The van der Waals surface area contributed by atoms with Gasteiger partial charge in [0.1, 0.15) is 11.5 Å². The number of hydrogen-bond donors (Lipinski definition) is 3. The zero-order chi connectivity index (χ0) is 20.2. The number of aliphatic hydroxyl groups excluding tert-OH is 1. The van der Waals surface area contributed by atoms with Crippen molar-refractivity contribution in [2.24, 2.45) is 0 Å². The molecule has 3 aromatic heterocycles. The van der Waals surface area contributed by atoms with E-state index >= 15 is 0 Å². The summed E-state index contributed by atoms with van der Waals surface area (Å²) < 4.78 is 0. The number of aromatic amines is 1. The summed E-state index contributed by atoms with van der Waals surface area (Å²) >= 11 is 0. The number of nitrogens with zero attached hydrogens (tertiary/aromatic N) is 3. The number of H-pyrrole nitrogens is 1. The van der Waals surface area contributed by atoms with E-state index in [1.807, 2.05) is 12.3 Å². The van der Waals surface area contributed by atoms with Crippen LogP contribution in [-0.4, -0.2) is 43.1 Å². The van der Waals surface area contributed by atoms with E-state index in [1.54, 1.807) is 6.20 Å². The number of nitrogen functional groups attached to an aromatic ring is 1. The lowest BCUT2D eigenvalue weighted by Gasteiger charge is -2.37. The van der Waals surface area contributed by atoms with Crippen molar-refractivity contribution in [3.63, 3.8) is 0 Å². The number of aromatic nitrogens is 3. The van der Waals surface area contributed by atoms with E-state index in [0.717, 1.165) is 52.4 Å². The van der Waals surface area contributed by atoms with Gasteiger partial charge in [-0.3, -0.25) is 4.90 Å². The smallest absolute Gasteiger partial charge is 0.138 e. The first-order chi connectivity index (χ1) is 14.6. The third-order valence-corrected chi connectivity index (χ3v) is 6.87. The predicted octanol–water partition coefficient (Wildman–Crippen LogP) is 3.85. The SMILES string of the molecule is Nc1cc2c(cn1)[nH]c1ncc(-c3ccc(CN4C5CCC4CC(O)C5)cc3)cc12. The second-order valence-corrected chi connectivity index (χ2v) is 8.78. The molecule has 152 valence electrons. The highest BCUT2D eigenvalue weighted by atomic mass is 16.3. The van der Waals surface area contributed by atoms with Crippen LogP contribution in [0.25, 0.3) is 33.1 Å². The van der Waals surface area contributed by atoms with Crippen LogP contribution in [0, 0.1) is 0 Å². The molecule has 6 heteroatoms. The molecule has 4 N–H and O–H groups in total. The first-order valence-electron chi connectivity index (χ1n) is 10.7. The normalized spacial score (nSPS) is 24.1. The highest BCUT2D eigenvalue weighted by molar-refractivity contribution is 6.07. The number of fused-ring (bicyclic) bond motifs is 5. The number of benzene rings is 1. The van der Waals surface area contributed by atoms with E-state index < -0.39 is 0 Å². The number of nitrogens with one attached hydrogen (secondary N) is 1. The monoisotopic (exact) mass is 399 g/mol. The Labute approximate surface area is 174 Å². The minimum Gasteiger partial charge on any atom is -0.393 e. The zero-order valence-electron chi connectivity index (χ0n) is 16.8. The maximum atomic E-state index is 10.0. The lowest BCUT2D eigenvalue weighted by atomic mass is 9.98. The number of anilines is 1. The highest BCUT2D eigenvalue weighted by Crippen LogP contribution is 2.37. The van der Waals surface area contributed by atoms with Gasteiger partial charge in [0, 0.05) is 41.2 Å². The van der Waals surface area contributed by atoms with E-state index in [9.17, 15) is 5.11 Å². The molecule has 0 aliphatic carbocycles. The van der Waals surface area contributed by atoms with Crippen LogP contribution in [0.5, 0.6) is 0 Å². The summed E-state index contributed by atoms with van der Waals surface area (Å²) in [5, 5.41) is 12.1. The molecule has 0 spiro atoms. The molecular formula is C24H25N5O. The molecule has 2 saturated heterocycles. The van der Waals surface area contributed by atoms with Crippen LogP contribution in [-0.2, 0) is 6.54 Å². The van der Waals surface area contributed by atoms with Gasteiger partial charge in [-0.25, -0.2) is 9.97 Å². The van der Waals surface area contributed by atoms with Gasteiger partial charge in [0.2, 0.25) is 0 Å². The Balaban J connectivity index is 1.28. The average molecular weight is 399 g/mol. The summed E-state index contributed by atoms with van der Waals surface area (Å²) in [7, 11) is 0. The van der Waals surface area contributed by atoms with Crippen LogP contribution in [0.3, 0.4) is 0 Å². The van der Waals surface area contributed by atoms with Gasteiger partial charge < -0.3 is 15.8 Å². The van der Waals surface area contributed by atoms with E-state index in [4.69, 9.17) is 5.73 Å². The van der Waals surface area contributed by atoms with Crippen LogP contribution in [0.15, 0.2) is 48.8 Å². The Morgan fingerprint density at radius 2 is 1.73 bits per heavy atom. The quantitative estimate of drug-likeness (QED) is 0.487. The van der Waals surface area contributed by atoms with Gasteiger partial charge in [-0.1, -0.05) is 24.3 Å². The number of nitrogens with two attached hydrogens (primary N) is 1. The fraction of sp³-hybridized carbons (Fsp3) is 0.333. The van der Waals surface area contributed by atoms with Crippen LogP contribution >= 0.6 is 0 Å². The first kappa shape index (κ1) is 17.9. The molecule has 2 unspecified atom stereocenters. The molecule has 0 saturated carbocycles. The van der Waals surface area contributed by atoms with Gasteiger partial charge in [-0.05, 0) is 48.9 Å². The van der Waals surface area contributed by atoms with Crippen LogP contribution in [0.2, 0.25) is 0 Å². The summed E-state index contributed by atoms with van der Waals surface area (Å²) in [5.41, 5.74) is 11.2. The standard InChI is InChI=1S/C24H25N5O/c25-23-10-20-21-7-16(11-27-24(21)28-22(20)12-26-23)15-3-1-14(2-4-15)13-29-17-5-6-18(29)9-19(30)8-17/h1-4,7,10-12,17-19,30H,5-6,8-9,13H2,(H2,25,26)(H,27,28). The largest absolute Gasteiger partial charge is 0.393 e. The predicted molar refractivity (Wildman–Crippen MR) is 119 cm³/mol. The number of aliphatic hydroxyl groups is 1. The van der Waals surface area contributed by atoms with Crippen molar-refractivity contribution < 1.29 is 5.11 Å². The fourth-order valence-corrected chi connectivity index (χ4v) is 5.37. The number of hydrogen-bond acceptors (Lipinski definition) is 5. The first-order valence-corrected chi connectivity index (χ1v) is 10.7. The second kappa shape index (κ2) is 6.79. The van der Waals surface area contributed by atoms with Crippen LogP contribution in [0.4, 0.5) is 5.82 Å². The van der Waals surface area contributed by atoms with Crippen molar-refractivity contribution in [3.8, 4) is 11.1 Å². The summed E-state index contributed by atoms with van der Waals surface area (Å²) in [6.07, 6.45) is 7.84. The van der Waals surface area contributed by atoms with Crippen molar-refractivity contribution in [1.82, 2.24) is 19.9 Å². The summed E-state index contributed by atoms with van der Waals surface area (Å²) in [4.78, 5) is 14.7. The van der Waals surface area contributed by atoms with Crippen molar-refractivity contribution in [2.75, 3.05) is 5.73 Å². The number of rotatable bonds is 3. The minimum atomic E-state index is -0.112. The third kappa shape index (κ3) is 2.95. The molecule has 2 bridgehead atoms. The van der Waals surface area contributed by atoms with Crippen LogP contribution < -0.4 is 5.73 Å². The molecule has 2 aliphatic heterocycles. The van der Waals surface area contributed by atoms with Gasteiger partial charge >= 0.3 is 0 Å². The molecule has 5 heterocycles. The van der Waals surface area contributed by atoms with Crippen molar-refractivity contribution in [3.05, 3.63) is 54.4 Å². The molecule has 30 heavy (non-hydrogen) atoms.